The highest BCUT2D eigenvalue weighted by Gasteiger charge is 2.30. The Balaban J connectivity index is 1.73. The van der Waals surface area contributed by atoms with Gasteiger partial charge in [0.15, 0.2) is 0 Å². The van der Waals surface area contributed by atoms with Crippen molar-refractivity contribution in [1.29, 1.82) is 0 Å². The molecule has 3 nitrogen and oxygen atoms in total. The lowest BCUT2D eigenvalue weighted by molar-refractivity contribution is 0.231. The SMILES string of the molecule is CNCc1ccc(N2CCN3CCCC3C2)cc1Br. The molecule has 0 bridgehead atoms. The Morgan fingerprint density at radius 1 is 1.32 bits per heavy atom. The van der Waals surface area contributed by atoms with Crippen LogP contribution in [0.3, 0.4) is 0 Å². The van der Waals surface area contributed by atoms with Crippen molar-refractivity contribution in [3.05, 3.63) is 28.2 Å². The molecule has 0 aromatic heterocycles. The van der Waals surface area contributed by atoms with Crippen LogP contribution in [0.5, 0.6) is 0 Å². The van der Waals surface area contributed by atoms with Crippen LogP contribution in [0.1, 0.15) is 18.4 Å². The Labute approximate surface area is 124 Å². The Hall–Kier alpha value is -0.580. The van der Waals surface area contributed by atoms with Crippen LogP contribution in [0.2, 0.25) is 0 Å². The van der Waals surface area contributed by atoms with Crippen LogP contribution in [0.25, 0.3) is 0 Å². The van der Waals surface area contributed by atoms with Gasteiger partial charge in [-0.25, -0.2) is 0 Å². The smallest absolute Gasteiger partial charge is 0.0378 e. The van der Waals surface area contributed by atoms with Gasteiger partial charge in [0.2, 0.25) is 0 Å². The summed E-state index contributed by atoms with van der Waals surface area (Å²) in [6.07, 6.45) is 2.75. The van der Waals surface area contributed by atoms with Crippen LogP contribution in [0.4, 0.5) is 5.69 Å². The maximum Gasteiger partial charge on any atom is 0.0378 e. The number of anilines is 1. The molecule has 1 unspecified atom stereocenters. The normalized spacial score (nSPS) is 23.7. The molecule has 1 aromatic rings. The quantitative estimate of drug-likeness (QED) is 0.921. The van der Waals surface area contributed by atoms with E-state index in [1.807, 2.05) is 7.05 Å². The van der Waals surface area contributed by atoms with Gasteiger partial charge >= 0.3 is 0 Å². The maximum absolute atomic E-state index is 3.69. The third-order valence-electron chi connectivity index (χ3n) is 4.36. The van der Waals surface area contributed by atoms with Crippen LogP contribution in [-0.4, -0.2) is 44.2 Å². The van der Waals surface area contributed by atoms with Crippen LogP contribution in [-0.2, 0) is 6.54 Å². The lowest BCUT2D eigenvalue weighted by Crippen LogP contribution is -2.50. The Kier molecular flexibility index (Phi) is 4.10. The van der Waals surface area contributed by atoms with E-state index in [4.69, 9.17) is 0 Å². The van der Waals surface area contributed by atoms with Crippen molar-refractivity contribution in [2.45, 2.75) is 25.4 Å². The number of hydrogen-bond acceptors (Lipinski definition) is 3. The van der Waals surface area contributed by atoms with Crippen molar-refractivity contribution < 1.29 is 0 Å². The molecule has 1 atom stereocenters. The van der Waals surface area contributed by atoms with Gasteiger partial charge in [0.25, 0.3) is 0 Å². The van der Waals surface area contributed by atoms with E-state index in [2.05, 4.69) is 49.2 Å². The van der Waals surface area contributed by atoms with Crippen LogP contribution in [0.15, 0.2) is 22.7 Å². The summed E-state index contributed by atoms with van der Waals surface area (Å²) in [7, 11) is 1.99. The van der Waals surface area contributed by atoms with Crippen molar-refractivity contribution in [1.82, 2.24) is 10.2 Å². The monoisotopic (exact) mass is 323 g/mol. The predicted octanol–water partition coefficient (Wildman–Crippen LogP) is 2.45. The summed E-state index contributed by atoms with van der Waals surface area (Å²) in [4.78, 5) is 5.20. The van der Waals surface area contributed by atoms with Crippen molar-refractivity contribution in [2.75, 3.05) is 38.1 Å². The molecule has 2 saturated heterocycles. The van der Waals surface area contributed by atoms with Crippen molar-refractivity contribution >= 4 is 21.6 Å². The molecular weight excluding hydrogens is 302 g/mol. The fourth-order valence-electron chi connectivity index (χ4n) is 3.29. The van der Waals surface area contributed by atoms with E-state index in [1.165, 1.54) is 48.2 Å². The van der Waals surface area contributed by atoms with Gasteiger partial charge in [-0.1, -0.05) is 22.0 Å². The largest absolute Gasteiger partial charge is 0.369 e. The highest BCUT2D eigenvalue weighted by molar-refractivity contribution is 9.10. The molecule has 1 aromatic carbocycles. The van der Waals surface area contributed by atoms with Gasteiger partial charge < -0.3 is 10.2 Å². The number of fused-ring (bicyclic) bond motifs is 1. The lowest BCUT2D eigenvalue weighted by atomic mass is 10.1. The van der Waals surface area contributed by atoms with Crippen LogP contribution < -0.4 is 10.2 Å². The maximum atomic E-state index is 3.69. The van der Waals surface area contributed by atoms with Gasteiger partial charge in [0.1, 0.15) is 0 Å². The Morgan fingerprint density at radius 3 is 3.00 bits per heavy atom. The lowest BCUT2D eigenvalue weighted by Gasteiger charge is -2.39. The average Bonchev–Trinajstić information content (AvgIpc) is 2.88. The van der Waals surface area contributed by atoms with E-state index in [0.29, 0.717) is 0 Å². The summed E-state index contributed by atoms with van der Waals surface area (Å²) in [6, 6.07) is 7.56. The van der Waals surface area contributed by atoms with E-state index >= 15 is 0 Å². The topological polar surface area (TPSA) is 18.5 Å². The van der Waals surface area contributed by atoms with E-state index in [9.17, 15) is 0 Å². The van der Waals surface area contributed by atoms with Crippen LogP contribution in [0, 0.1) is 0 Å². The van der Waals surface area contributed by atoms with Gasteiger partial charge in [0.05, 0.1) is 0 Å². The summed E-state index contributed by atoms with van der Waals surface area (Å²) in [5.41, 5.74) is 2.68. The predicted molar refractivity (Wildman–Crippen MR) is 83.7 cm³/mol. The summed E-state index contributed by atoms with van der Waals surface area (Å²) in [5.74, 6) is 0. The fourth-order valence-corrected chi connectivity index (χ4v) is 3.80. The van der Waals surface area contributed by atoms with E-state index in [0.717, 1.165) is 19.1 Å². The molecule has 0 saturated carbocycles. The van der Waals surface area contributed by atoms with Gasteiger partial charge in [-0.3, -0.25) is 4.90 Å². The summed E-state index contributed by atoms with van der Waals surface area (Å²) < 4.78 is 1.22. The number of rotatable bonds is 3. The minimum atomic E-state index is 0.782. The number of benzene rings is 1. The molecule has 2 aliphatic heterocycles. The third-order valence-corrected chi connectivity index (χ3v) is 5.09. The zero-order valence-corrected chi connectivity index (χ0v) is 13.1. The summed E-state index contributed by atoms with van der Waals surface area (Å²) >= 11 is 3.69. The third kappa shape index (κ3) is 2.81. The number of hydrogen-bond donors (Lipinski definition) is 1. The first-order valence-corrected chi connectivity index (χ1v) is 7.99. The zero-order chi connectivity index (χ0) is 13.2. The second-order valence-corrected chi connectivity index (χ2v) is 6.44. The van der Waals surface area contributed by atoms with Crippen molar-refractivity contribution in [2.24, 2.45) is 0 Å². The molecule has 0 radical (unpaired) electrons. The van der Waals surface area contributed by atoms with Crippen molar-refractivity contribution in [3.8, 4) is 0 Å². The molecule has 1 N–H and O–H groups in total. The molecule has 2 aliphatic rings. The number of piperazine rings is 1. The van der Waals surface area contributed by atoms with E-state index in [-0.39, 0.29) is 0 Å². The summed E-state index contributed by atoms with van der Waals surface area (Å²) in [6.45, 7) is 5.80. The number of nitrogens with one attached hydrogen (secondary N) is 1. The molecule has 19 heavy (non-hydrogen) atoms. The van der Waals surface area contributed by atoms with Gasteiger partial charge in [0, 0.05) is 42.4 Å². The zero-order valence-electron chi connectivity index (χ0n) is 11.5. The second-order valence-electron chi connectivity index (χ2n) is 5.58. The second kappa shape index (κ2) is 5.81. The van der Waals surface area contributed by atoms with Crippen molar-refractivity contribution in [3.63, 3.8) is 0 Å². The molecule has 2 fully saturated rings. The molecule has 2 heterocycles. The molecule has 4 heteroatoms. The van der Waals surface area contributed by atoms with Crippen LogP contribution >= 0.6 is 15.9 Å². The molecule has 0 aliphatic carbocycles. The highest BCUT2D eigenvalue weighted by atomic mass is 79.9. The molecule has 0 spiro atoms. The minimum absolute atomic E-state index is 0.782. The Morgan fingerprint density at radius 2 is 2.21 bits per heavy atom. The fraction of sp³-hybridized carbons (Fsp3) is 0.600. The Bertz CT molecular complexity index is 449. The first-order chi connectivity index (χ1) is 9.28. The van der Waals surface area contributed by atoms with E-state index < -0.39 is 0 Å². The first kappa shape index (κ1) is 13.4. The van der Waals surface area contributed by atoms with E-state index in [1.54, 1.807) is 0 Å². The standard InChI is InChI=1S/C15H22BrN3/c1-17-10-12-4-5-13(9-15(12)16)19-8-7-18-6-2-3-14(18)11-19/h4-5,9,14,17H,2-3,6-8,10-11H2,1H3. The average molecular weight is 324 g/mol. The molecule has 104 valence electrons. The van der Waals surface area contributed by atoms with Gasteiger partial charge in [-0.15, -0.1) is 0 Å². The van der Waals surface area contributed by atoms with Gasteiger partial charge in [-0.2, -0.15) is 0 Å². The minimum Gasteiger partial charge on any atom is -0.369 e. The summed E-state index contributed by atoms with van der Waals surface area (Å²) in [5, 5.41) is 3.20. The molecule has 3 rings (SSSR count). The number of halogens is 1. The molecular formula is C15H22BrN3. The van der Waals surface area contributed by atoms with Gasteiger partial charge in [-0.05, 0) is 44.1 Å². The highest BCUT2D eigenvalue weighted by Crippen LogP contribution is 2.28. The first-order valence-electron chi connectivity index (χ1n) is 7.20. The number of nitrogens with zero attached hydrogens (tertiary/aromatic N) is 2. The molecule has 0 amide bonds.